The second-order valence-electron chi connectivity index (χ2n) is 9.13. The minimum atomic E-state index is -0.678. The summed E-state index contributed by atoms with van der Waals surface area (Å²) in [4.78, 5) is 23.9. The molecule has 0 aromatic carbocycles. The third-order valence-corrected chi connectivity index (χ3v) is 6.67. The number of aliphatic hydroxyl groups excluding tert-OH is 1. The summed E-state index contributed by atoms with van der Waals surface area (Å²) in [5.74, 6) is 0.983. The summed E-state index contributed by atoms with van der Waals surface area (Å²) in [5.41, 5.74) is -0.678. The highest BCUT2D eigenvalue weighted by atomic mass is 16.5. The molecular weight excluding hydrogens is 356 g/mol. The zero-order chi connectivity index (χ0) is 20.7. The van der Waals surface area contributed by atoms with Crippen LogP contribution in [0.25, 0.3) is 0 Å². The molecular formula is C23H38O5. The fraction of sp³-hybridized carbons (Fsp3) is 0.826. The van der Waals surface area contributed by atoms with E-state index in [0.29, 0.717) is 31.1 Å². The van der Waals surface area contributed by atoms with E-state index in [2.05, 4.69) is 13.0 Å². The van der Waals surface area contributed by atoms with Crippen molar-refractivity contribution in [2.45, 2.75) is 77.2 Å². The highest BCUT2D eigenvalue weighted by Crippen LogP contribution is 2.52. The van der Waals surface area contributed by atoms with E-state index < -0.39 is 5.60 Å². The Kier molecular flexibility index (Phi) is 8.69. The first-order valence-electron chi connectivity index (χ1n) is 10.9. The zero-order valence-corrected chi connectivity index (χ0v) is 17.7. The molecule has 2 rings (SSSR count). The van der Waals surface area contributed by atoms with E-state index in [1.54, 1.807) is 0 Å². The smallest absolute Gasteiger partial charge is 0.305 e. The third kappa shape index (κ3) is 6.70. The maximum Gasteiger partial charge on any atom is 0.305 e. The molecule has 6 atom stereocenters. The Morgan fingerprint density at radius 1 is 1.39 bits per heavy atom. The Bertz CT molecular complexity index is 553. The van der Waals surface area contributed by atoms with Crippen LogP contribution in [0.1, 0.15) is 71.6 Å². The van der Waals surface area contributed by atoms with E-state index in [4.69, 9.17) is 4.74 Å². The maximum absolute atomic E-state index is 12.6. The number of ketones is 1. The van der Waals surface area contributed by atoms with Crippen molar-refractivity contribution in [3.05, 3.63) is 12.2 Å². The second kappa shape index (κ2) is 10.5. The van der Waals surface area contributed by atoms with Crippen LogP contribution in [0.5, 0.6) is 0 Å². The summed E-state index contributed by atoms with van der Waals surface area (Å²) in [6, 6.07) is 0. The van der Waals surface area contributed by atoms with Crippen LogP contribution in [-0.4, -0.2) is 41.3 Å². The molecule has 160 valence electrons. The highest BCUT2D eigenvalue weighted by molar-refractivity contribution is 5.84. The lowest BCUT2D eigenvalue weighted by Crippen LogP contribution is -2.25. The Labute approximate surface area is 169 Å². The molecule has 0 aromatic heterocycles. The van der Waals surface area contributed by atoms with Crippen LogP contribution in [0.15, 0.2) is 12.2 Å². The molecule has 5 heteroatoms. The molecule has 0 amide bonds. The minimum Gasteiger partial charge on any atom is -0.469 e. The Morgan fingerprint density at radius 2 is 2.14 bits per heavy atom. The van der Waals surface area contributed by atoms with Gasteiger partial charge in [-0.05, 0) is 62.7 Å². The number of hydrogen-bond acceptors (Lipinski definition) is 5. The van der Waals surface area contributed by atoms with E-state index in [0.717, 1.165) is 38.5 Å². The van der Waals surface area contributed by atoms with E-state index >= 15 is 0 Å². The van der Waals surface area contributed by atoms with E-state index in [9.17, 15) is 19.8 Å². The van der Waals surface area contributed by atoms with Gasteiger partial charge in [-0.2, -0.15) is 0 Å². The number of esters is 1. The van der Waals surface area contributed by atoms with Gasteiger partial charge in [0.25, 0.3) is 0 Å². The number of allylic oxidation sites excluding steroid dienone is 1. The summed E-state index contributed by atoms with van der Waals surface area (Å²) in [7, 11) is 1.40. The first kappa shape index (κ1) is 23.1. The molecule has 2 N–H and O–H groups in total. The molecule has 2 fully saturated rings. The van der Waals surface area contributed by atoms with Crippen molar-refractivity contribution in [3.8, 4) is 0 Å². The number of unbranched alkanes of at least 4 members (excludes halogenated alkanes) is 1. The molecule has 2 aliphatic rings. The van der Waals surface area contributed by atoms with Gasteiger partial charge in [0.2, 0.25) is 0 Å². The highest BCUT2D eigenvalue weighted by Gasteiger charge is 2.48. The van der Waals surface area contributed by atoms with Gasteiger partial charge in [-0.15, -0.1) is 0 Å². The number of aliphatic hydroxyl groups is 2. The second-order valence-corrected chi connectivity index (χ2v) is 9.13. The van der Waals surface area contributed by atoms with Crippen molar-refractivity contribution >= 4 is 11.8 Å². The molecule has 0 bridgehead atoms. The minimum absolute atomic E-state index is 0.0150. The predicted molar refractivity (Wildman–Crippen MR) is 109 cm³/mol. The van der Waals surface area contributed by atoms with Crippen molar-refractivity contribution in [1.29, 1.82) is 0 Å². The third-order valence-electron chi connectivity index (χ3n) is 6.67. The monoisotopic (exact) mass is 394 g/mol. The molecule has 2 aliphatic carbocycles. The zero-order valence-electron chi connectivity index (χ0n) is 17.7. The van der Waals surface area contributed by atoms with E-state index in [-0.39, 0.29) is 36.1 Å². The number of ether oxygens (including phenoxy) is 1. The van der Waals surface area contributed by atoms with Crippen LogP contribution in [-0.2, 0) is 14.3 Å². The van der Waals surface area contributed by atoms with Gasteiger partial charge in [0.05, 0.1) is 12.7 Å². The standard InChI is InChI=1S/C23H38O5/c1-4-5-10-23(2,27)11-6-7-16-12-19(21(25)13-16)20(15-24)18-14-17(18)8-9-22(26)28-3/h6-7,16-20,24,27H,4-5,8-15H2,1-3H3/t16-,17?,18+,19+,20?,23?/m0/s1. The van der Waals surface area contributed by atoms with Gasteiger partial charge in [-0.3, -0.25) is 9.59 Å². The molecule has 0 radical (unpaired) electrons. The van der Waals surface area contributed by atoms with Gasteiger partial charge in [0, 0.05) is 25.4 Å². The van der Waals surface area contributed by atoms with Crippen LogP contribution >= 0.6 is 0 Å². The Balaban J connectivity index is 1.82. The molecule has 28 heavy (non-hydrogen) atoms. The number of Topliss-reactive ketones (excluding diaryl/α,β-unsaturated/α-hetero) is 1. The van der Waals surface area contributed by atoms with Gasteiger partial charge < -0.3 is 14.9 Å². The number of carbonyl (C=O) groups excluding carboxylic acids is 2. The van der Waals surface area contributed by atoms with Crippen molar-refractivity contribution in [1.82, 2.24) is 0 Å². The number of hydrogen-bond donors (Lipinski definition) is 2. The lowest BCUT2D eigenvalue weighted by molar-refractivity contribution is -0.140. The summed E-state index contributed by atoms with van der Waals surface area (Å²) >= 11 is 0. The molecule has 2 saturated carbocycles. The largest absolute Gasteiger partial charge is 0.469 e. The summed E-state index contributed by atoms with van der Waals surface area (Å²) in [6.45, 7) is 4.03. The first-order valence-corrected chi connectivity index (χ1v) is 10.9. The SMILES string of the molecule is CCCCC(C)(O)CC=C[C@@H]1CC(=O)[C@@H](C(CO)[C@@H]2CC2CCC(=O)OC)C1. The predicted octanol–water partition coefficient (Wildman–Crippen LogP) is 3.67. The average molecular weight is 395 g/mol. The van der Waals surface area contributed by atoms with Crippen molar-refractivity contribution in [2.75, 3.05) is 13.7 Å². The molecule has 0 aromatic rings. The summed E-state index contributed by atoms with van der Waals surface area (Å²) in [5, 5.41) is 20.3. The fourth-order valence-corrected chi connectivity index (χ4v) is 4.78. The van der Waals surface area contributed by atoms with Crippen molar-refractivity contribution in [3.63, 3.8) is 0 Å². The van der Waals surface area contributed by atoms with Gasteiger partial charge in [-0.1, -0.05) is 31.9 Å². The molecule has 3 unspecified atom stereocenters. The average Bonchev–Trinajstić information content (AvgIpc) is 3.33. The lowest BCUT2D eigenvalue weighted by Gasteiger charge is -2.21. The van der Waals surface area contributed by atoms with Gasteiger partial charge in [-0.25, -0.2) is 0 Å². The van der Waals surface area contributed by atoms with Crippen molar-refractivity contribution in [2.24, 2.45) is 29.6 Å². The number of methoxy groups -OCH3 is 1. The van der Waals surface area contributed by atoms with Crippen molar-refractivity contribution < 1.29 is 24.5 Å². The Hall–Kier alpha value is -1.20. The Morgan fingerprint density at radius 3 is 2.79 bits per heavy atom. The topological polar surface area (TPSA) is 83.8 Å². The number of carbonyl (C=O) groups is 2. The summed E-state index contributed by atoms with van der Waals surface area (Å²) < 4.78 is 4.70. The fourth-order valence-electron chi connectivity index (χ4n) is 4.78. The van der Waals surface area contributed by atoms with Gasteiger partial charge in [0.15, 0.2) is 0 Å². The van der Waals surface area contributed by atoms with Gasteiger partial charge >= 0.3 is 5.97 Å². The van der Waals surface area contributed by atoms with Crippen LogP contribution in [0.3, 0.4) is 0 Å². The lowest BCUT2D eigenvalue weighted by atomic mass is 9.85. The van der Waals surface area contributed by atoms with E-state index in [1.165, 1.54) is 7.11 Å². The normalized spacial score (nSPS) is 30.4. The molecule has 0 aliphatic heterocycles. The first-order chi connectivity index (χ1) is 13.3. The molecule has 0 spiro atoms. The quantitative estimate of drug-likeness (QED) is 0.390. The van der Waals surface area contributed by atoms with E-state index in [1.807, 2.05) is 13.0 Å². The van der Waals surface area contributed by atoms with Gasteiger partial charge in [0.1, 0.15) is 5.78 Å². The molecule has 0 saturated heterocycles. The van der Waals surface area contributed by atoms with Crippen LogP contribution in [0.2, 0.25) is 0 Å². The maximum atomic E-state index is 12.6. The van der Waals surface area contributed by atoms with Crippen LogP contribution in [0, 0.1) is 29.6 Å². The number of rotatable bonds is 12. The molecule has 5 nitrogen and oxygen atoms in total. The molecule has 0 heterocycles. The summed E-state index contributed by atoms with van der Waals surface area (Å²) in [6.07, 6.45) is 11.1. The van der Waals surface area contributed by atoms with Crippen LogP contribution in [0.4, 0.5) is 0 Å². The van der Waals surface area contributed by atoms with Crippen LogP contribution < -0.4 is 0 Å².